The molecule has 0 bridgehead atoms. The number of amides is 2. The summed E-state index contributed by atoms with van der Waals surface area (Å²) in [7, 11) is 0. The molecule has 33 heavy (non-hydrogen) atoms. The number of aryl methyl sites for hydroxylation is 1. The van der Waals surface area contributed by atoms with E-state index in [0.29, 0.717) is 17.9 Å². The van der Waals surface area contributed by atoms with Crippen LogP contribution < -0.4 is 16.0 Å². The van der Waals surface area contributed by atoms with E-state index in [1.807, 2.05) is 35.0 Å². The summed E-state index contributed by atoms with van der Waals surface area (Å²) >= 11 is 0. The smallest absolute Gasteiger partial charge is 0.276 e. The molecule has 2 aromatic heterocycles. The average Bonchev–Trinajstić information content (AvgIpc) is 3.43. The highest BCUT2D eigenvalue weighted by Gasteiger charge is 2.28. The molecule has 5 rings (SSSR count). The molecule has 170 valence electrons. The van der Waals surface area contributed by atoms with Crippen molar-refractivity contribution in [1.82, 2.24) is 14.8 Å². The molecule has 0 saturated carbocycles. The van der Waals surface area contributed by atoms with Gasteiger partial charge in [-0.3, -0.25) is 9.59 Å². The largest absolute Gasteiger partial charge is 0.369 e. The zero-order chi connectivity index (χ0) is 22.9. The van der Waals surface area contributed by atoms with Crippen molar-refractivity contribution in [3.8, 4) is 5.69 Å². The van der Waals surface area contributed by atoms with Gasteiger partial charge in [-0.15, -0.1) is 0 Å². The van der Waals surface area contributed by atoms with Crippen LogP contribution in [0.15, 0.2) is 42.6 Å². The summed E-state index contributed by atoms with van der Waals surface area (Å²) < 4.78 is 1.93. The molecule has 1 saturated heterocycles. The Labute approximate surface area is 192 Å². The number of pyridine rings is 1. The van der Waals surface area contributed by atoms with Crippen LogP contribution in [0.3, 0.4) is 0 Å². The van der Waals surface area contributed by atoms with Gasteiger partial charge in [0.2, 0.25) is 5.91 Å². The Bertz CT molecular complexity index is 1200. The molecule has 1 atom stereocenters. The molecule has 0 radical (unpaired) electrons. The van der Waals surface area contributed by atoms with Gasteiger partial charge in [-0.25, -0.2) is 9.67 Å². The molecule has 8 nitrogen and oxygen atoms in total. The van der Waals surface area contributed by atoms with Crippen molar-refractivity contribution >= 4 is 23.3 Å². The molecule has 2 aliphatic rings. The number of aromatic nitrogens is 3. The van der Waals surface area contributed by atoms with E-state index in [9.17, 15) is 9.59 Å². The lowest BCUT2D eigenvalue weighted by Crippen LogP contribution is -2.41. The lowest BCUT2D eigenvalue weighted by atomic mass is 9.97. The van der Waals surface area contributed by atoms with Crippen molar-refractivity contribution in [3.05, 3.63) is 65.1 Å². The first-order valence-corrected chi connectivity index (χ1v) is 11.5. The van der Waals surface area contributed by atoms with Crippen molar-refractivity contribution in [1.29, 1.82) is 0 Å². The fourth-order valence-electron chi connectivity index (χ4n) is 4.87. The van der Waals surface area contributed by atoms with Crippen LogP contribution in [0.25, 0.3) is 5.69 Å². The number of nitrogens with zero attached hydrogens (tertiary/aromatic N) is 4. The van der Waals surface area contributed by atoms with E-state index in [1.54, 1.807) is 6.20 Å². The monoisotopic (exact) mass is 444 g/mol. The van der Waals surface area contributed by atoms with E-state index >= 15 is 0 Å². The molecule has 3 aromatic rings. The van der Waals surface area contributed by atoms with Crippen LogP contribution in [0, 0.1) is 12.8 Å². The van der Waals surface area contributed by atoms with Crippen molar-refractivity contribution in [2.24, 2.45) is 11.7 Å². The van der Waals surface area contributed by atoms with Gasteiger partial charge in [0.1, 0.15) is 5.82 Å². The maximum atomic E-state index is 13.1. The molecule has 3 N–H and O–H groups in total. The number of para-hydroxylation sites is 1. The third-order valence-electron chi connectivity index (χ3n) is 6.64. The third-order valence-corrected chi connectivity index (χ3v) is 6.64. The number of nitrogens with two attached hydrogens (primary N) is 1. The Morgan fingerprint density at radius 3 is 2.73 bits per heavy atom. The van der Waals surface area contributed by atoms with Gasteiger partial charge in [0.15, 0.2) is 5.69 Å². The normalized spacial score (nSPS) is 17.6. The zero-order valence-electron chi connectivity index (χ0n) is 18.8. The first-order chi connectivity index (χ1) is 16.0. The summed E-state index contributed by atoms with van der Waals surface area (Å²) in [6, 6.07) is 11.8. The first-order valence-electron chi connectivity index (χ1n) is 11.5. The van der Waals surface area contributed by atoms with Gasteiger partial charge in [-0.1, -0.05) is 18.2 Å². The van der Waals surface area contributed by atoms with Gasteiger partial charge >= 0.3 is 0 Å². The fourth-order valence-corrected chi connectivity index (χ4v) is 4.87. The lowest BCUT2D eigenvalue weighted by Gasteiger charge is -2.32. The topological polar surface area (TPSA) is 106 Å². The summed E-state index contributed by atoms with van der Waals surface area (Å²) in [5, 5.41) is 7.66. The van der Waals surface area contributed by atoms with Crippen LogP contribution in [0.2, 0.25) is 0 Å². The highest BCUT2D eigenvalue weighted by molar-refractivity contribution is 6.04. The number of fused-ring (bicyclic) bond motifs is 1. The Kier molecular flexibility index (Phi) is 5.58. The van der Waals surface area contributed by atoms with E-state index in [1.165, 1.54) is 0 Å². The first kappa shape index (κ1) is 21.2. The van der Waals surface area contributed by atoms with E-state index in [4.69, 9.17) is 10.8 Å². The number of piperidine rings is 1. The minimum atomic E-state index is -0.263. The number of nitrogens with one attached hydrogen (secondary N) is 1. The maximum Gasteiger partial charge on any atom is 0.276 e. The third kappa shape index (κ3) is 4.08. The van der Waals surface area contributed by atoms with Crippen LogP contribution in [0.4, 0.5) is 11.5 Å². The van der Waals surface area contributed by atoms with Gasteiger partial charge in [-0.05, 0) is 62.8 Å². The van der Waals surface area contributed by atoms with E-state index in [-0.39, 0.29) is 17.7 Å². The van der Waals surface area contributed by atoms with Crippen LogP contribution in [-0.2, 0) is 17.6 Å². The number of primary amides is 1. The molecule has 3 heterocycles. The number of benzene rings is 1. The minimum Gasteiger partial charge on any atom is -0.369 e. The van der Waals surface area contributed by atoms with Crippen LogP contribution in [0.1, 0.15) is 46.6 Å². The average molecular weight is 445 g/mol. The molecule has 1 fully saturated rings. The second-order valence-electron chi connectivity index (χ2n) is 8.87. The standard InChI is InChI=1S/C25H28N6O2/c1-16-6-2-3-9-20(16)31-21-10-4-8-19(21)23(29-31)25(33)28-18-11-12-22(27-14-18)30-13-5-7-17(15-30)24(26)32/h2-3,6,9,11-12,14,17H,4-5,7-8,10,13,15H2,1H3,(H2,26,32)(H,28,33). The molecule has 1 aliphatic heterocycles. The molecule has 8 heteroatoms. The summed E-state index contributed by atoms with van der Waals surface area (Å²) in [5.74, 6) is 0.150. The molecular weight excluding hydrogens is 416 g/mol. The lowest BCUT2D eigenvalue weighted by molar-refractivity contribution is -0.122. The Morgan fingerprint density at radius 2 is 1.97 bits per heavy atom. The van der Waals surface area contributed by atoms with Gasteiger partial charge in [0, 0.05) is 24.3 Å². The Balaban J connectivity index is 1.34. The summed E-state index contributed by atoms with van der Waals surface area (Å²) in [6.07, 6.45) is 6.18. The van der Waals surface area contributed by atoms with Gasteiger partial charge in [-0.2, -0.15) is 5.10 Å². The number of hydrogen-bond donors (Lipinski definition) is 2. The summed E-state index contributed by atoms with van der Waals surface area (Å²) in [4.78, 5) is 31.3. The van der Waals surface area contributed by atoms with Crippen molar-refractivity contribution < 1.29 is 9.59 Å². The summed E-state index contributed by atoms with van der Waals surface area (Å²) in [5.41, 5.74) is 10.9. The molecule has 1 aromatic carbocycles. The Morgan fingerprint density at radius 1 is 1.12 bits per heavy atom. The second kappa shape index (κ2) is 8.69. The summed E-state index contributed by atoms with van der Waals surface area (Å²) in [6.45, 7) is 3.47. The highest BCUT2D eigenvalue weighted by atomic mass is 16.2. The van der Waals surface area contributed by atoms with Gasteiger partial charge in [0.25, 0.3) is 5.91 Å². The van der Waals surface area contributed by atoms with Crippen LogP contribution >= 0.6 is 0 Å². The number of hydrogen-bond acceptors (Lipinski definition) is 5. The number of anilines is 2. The maximum absolute atomic E-state index is 13.1. The molecule has 2 amide bonds. The second-order valence-corrected chi connectivity index (χ2v) is 8.87. The van der Waals surface area contributed by atoms with E-state index in [2.05, 4.69) is 28.2 Å². The Hall–Kier alpha value is -3.68. The number of carbonyl (C=O) groups excluding carboxylic acids is 2. The van der Waals surface area contributed by atoms with Crippen molar-refractivity contribution in [2.75, 3.05) is 23.3 Å². The molecule has 0 spiro atoms. The van der Waals surface area contributed by atoms with Gasteiger partial charge < -0.3 is 16.0 Å². The van der Waals surface area contributed by atoms with Crippen LogP contribution in [-0.4, -0.2) is 39.7 Å². The zero-order valence-corrected chi connectivity index (χ0v) is 18.8. The van der Waals surface area contributed by atoms with Gasteiger partial charge in [0.05, 0.1) is 23.5 Å². The number of carbonyl (C=O) groups is 2. The van der Waals surface area contributed by atoms with Crippen molar-refractivity contribution in [2.45, 2.75) is 39.0 Å². The quantitative estimate of drug-likeness (QED) is 0.629. The van der Waals surface area contributed by atoms with E-state index in [0.717, 1.165) is 67.0 Å². The predicted molar refractivity (Wildman–Crippen MR) is 127 cm³/mol. The molecule has 1 unspecified atom stereocenters. The van der Waals surface area contributed by atoms with E-state index < -0.39 is 0 Å². The highest BCUT2D eigenvalue weighted by Crippen LogP contribution is 2.29. The van der Waals surface area contributed by atoms with Crippen LogP contribution in [0.5, 0.6) is 0 Å². The number of rotatable bonds is 5. The van der Waals surface area contributed by atoms with Crippen molar-refractivity contribution in [3.63, 3.8) is 0 Å². The predicted octanol–water partition coefficient (Wildman–Crippen LogP) is 3.02. The fraction of sp³-hybridized carbons (Fsp3) is 0.360. The minimum absolute atomic E-state index is 0.148. The SMILES string of the molecule is Cc1ccccc1-n1nc(C(=O)Nc2ccc(N3CCCC(C(N)=O)C3)nc2)c2c1CCC2. The molecule has 1 aliphatic carbocycles. The molecular formula is C25H28N6O2.